The number of carbonyl (C=O) groups is 2. The van der Waals surface area contributed by atoms with Gasteiger partial charge in [0, 0.05) is 35.3 Å². The maximum Gasteiger partial charge on any atom is 0.268 e. The van der Waals surface area contributed by atoms with E-state index in [1.54, 1.807) is 13.8 Å². The average molecular weight is 324 g/mol. The van der Waals surface area contributed by atoms with Crippen LogP contribution in [0.25, 0.3) is 5.03 Å². The number of carbonyl (C=O) groups excluding carboxylic acids is 2. The van der Waals surface area contributed by atoms with E-state index in [2.05, 4.69) is 5.32 Å². The minimum Gasteiger partial charge on any atom is -0.370 e. The van der Waals surface area contributed by atoms with Gasteiger partial charge in [-0.15, -0.1) is 0 Å². The van der Waals surface area contributed by atoms with Crippen molar-refractivity contribution in [2.75, 3.05) is 0 Å². The van der Waals surface area contributed by atoms with Gasteiger partial charge in [-0.25, -0.2) is 0 Å². The first-order chi connectivity index (χ1) is 10.1. The molecule has 6 heteroatoms. The third-order valence-corrected chi connectivity index (χ3v) is 4.53. The van der Waals surface area contributed by atoms with Crippen molar-refractivity contribution in [2.45, 2.75) is 45.6 Å². The lowest BCUT2D eigenvalue weighted by Crippen LogP contribution is -2.46. The number of halogens is 1. The minimum absolute atomic E-state index is 0.0860. The van der Waals surface area contributed by atoms with Crippen LogP contribution in [-0.4, -0.2) is 21.9 Å². The number of aromatic nitrogens is 1. The second-order valence-electron chi connectivity index (χ2n) is 6.52. The van der Waals surface area contributed by atoms with Gasteiger partial charge in [-0.2, -0.15) is 0 Å². The Kier molecular flexibility index (Phi) is 4.38. The summed E-state index contributed by atoms with van der Waals surface area (Å²) < 4.78 is 1.87. The molecule has 0 radical (unpaired) electrons. The molecule has 0 unspecified atom stereocenters. The van der Waals surface area contributed by atoms with E-state index in [9.17, 15) is 9.59 Å². The summed E-state index contributed by atoms with van der Waals surface area (Å²) in [6.07, 6.45) is 1.85. The summed E-state index contributed by atoms with van der Waals surface area (Å²) in [6.45, 7) is 5.55. The topological polar surface area (TPSA) is 77.1 Å². The summed E-state index contributed by atoms with van der Waals surface area (Å²) in [7, 11) is 1.86. The van der Waals surface area contributed by atoms with Crippen molar-refractivity contribution in [1.29, 1.82) is 0 Å². The van der Waals surface area contributed by atoms with Gasteiger partial charge in [-0.3, -0.25) is 9.59 Å². The molecule has 1 aliphatic carbocycles. The molecule has 0 saturated carbocycles. The van der Waals surface area contributed by atoms with Crippen molar-refractivity contribution >= 4 is 28.4 Å². The minimum atomic E-state index is -0.691. The van der Waals surface area contributed by atoms with Crippen LogP contribution in [-0.2, 0) is 18.3 Å². The summed E-state index contributed by atoms with van der Waals surface area (Å²) >= 11 is 6.36. The number of rotatable bonds is 4. The number of allylic oxidation sites excluding steroid dienone is 1. The van der Waals surface area contributed by atoms with Crippen molar-refractivity contribution < 1.29 is 9.59 Å². The highest BCUT2D eigenvalue weighted by atomic mass is 35.5. The molecule has 2 amide bonds. The Morgan fingerprint density at radius 3 is 2.64 bits per heavy atom. The second kappa shape index (κ2) is 5.80. The third kappa shape index (κ3) is 3.19. The van der Waals surface area contributed by atoms with E-state index in [0.29, 0.717) is 5.69 Å². The van der Waals surface area contributed by atoms with E-state index < -0.39 is 11.4 Å². The number of nitrogens with one attached hydrogen (secondary N) is 1. The van der Waals surface area contributed by atoms with Crippen LogP contribution in [0.3, 0.4) is 0 Å². The molecule has 0 atom stereocenters. The number of primary amides is 1. The molecule has 0 fully saturated rings. The molecule has 3 N–H and O–H groups in total. The van der Waals surface area contributed by atoms with Crippen LogP contribution in [0.5, 0.6) is 0 Å². The van der Waals surface area contributed by atoms with Crippen molar-refractivity contribution in [3.05, 3.63) is 28.6 Å². The predicted molar refractivity (Wildman–Crippen MR) is 87.5 cm³/mol. The first-order valence-corrected chi connectivity index (χ1v) is 7.65. The van der Waals surface area contributed by atoms with Crippen molar-refractivity contribution in [1.82, 2.24) is 9.88 Å². The highest BCUT2D eigenvalue weighted by Crippen LogP contribution is 2.35. The molecule has 1 heterocycles. The Balaban J connectivity index is 2.30. The van der Waals surface area contributed by atoms with Crippen molar-refractivity contribution in [2.24, 2.45) is 12.8 Å². The highest BCUT2D eigenvalue weighted by Gasteiger charge is 2.27. The molecule has 1 aromatic heterocycles. The average Bonchev–Trinajstić information content (AvgIpc) is 2.70. The third-order valence-electron chi connectivity index (χ3n) is 4.01. The quantitative estimate of drug-likeness (QED) is 0.892. The van der Waals surface area contributed by atoms with Gasteiger partial charge in [0.1, 0.15) is 5.69 Å². The monoisotopic (exact) mass is 323 g/mol. The number of fused-ring (bicyclic) bond motifs is 1. The molecule has 1 aliphatic rings. The molecule has 120 valence electrons. The summed E-state index contributed by atoms with van der Waals surface area (Å²) in [5.41, 5.74) is 8.19. The molecule has 22 heavy (non-hydrogen) atoms. The lowest BCUT2D eigenvalue weighted by molar-refractivity contribution is -0.119. The fraction of sp³-hybridized carbons (Fsp3) is 0.500. The van der Waals surface area contributed by atoms with Gasteiger partial charge in [-0.05, 0) is 39.7 Å². The van der Waals surface area contributed by atoms with Crippen molar-refractivity contribution in [3.63, 3.8) is 0 Å². The van der Waals surface area contributed by atoms with Gasteiger partial charge in [-0.1, -0.05) is 17.2 Å². The number of nitrogens with zero attached hydrogens (tertiary/aromatic N) is 1. The van der Waals surface area contributed by atoms with E-state index in [0.717, 1.165) is 34.7 Å². The van der Waals surface area contributed by atoms with Crippen LogP contribution < -0.4 is 11.1 Å². The normalized spacial score (nSPS) is 14.8. The molecular weight excluding hydrogens is 302 g/mol. The largest absolute Gasteiger partial charge is 0.370 e. The maximum atomic E-state index is 12.5. The van der Waals surface area contributed by atoms with Crippen LogP contribution in [0.15, 0.2) is 11.6 Å². The van der Waals surface area contributed by atoms with Crippen LogP contribution >= 0.6 is 11.6 Å². The fourth-order valence-electron chi connectivity index (χ4n) is 2.85. The lowest BCUT2D eigenvalue weighted by atomic mass is 9.98. The van der Waals surface area contributed by atoms with Gasteiger partial charge in [0.25, 0.3) is 5.91 Å². The Hall–Kier alpha value is -1.75. The number of nitrogens with two attached hydrogens (primary N) is 1. The van der Waals surface area contributed by atoms with E-state index >= 15 is 0 Å². The zero-order valence-electron chi connectivity index (χ0n) is 13.4. The lowest BCUT2D eigenvalue weighted by Gasteiger charge is -2.24. The Morgan fingerprint density at radius 1 is 1.41 bits per heavy atom. The van der Waals surface area contributed by atoms with Crippen LogP contribution in [0.1, 0.15) is 55.4 Å². The smallest absolute Gasteiger partial charge is 0.268 e. The Morgan fingerprint density at radius 2 is 2.05 bits per heavy atom. The van der Waals surface area contributed by atoms with Gasteiger partial charge in [0.2, 0.25) is 5.91 Å². The molecule has 5 nitrogen and oxygen atoms in total. The molecule has 1 aromatic rings. The zero-order chi connectivity index (χ0) is 16.7. The van der Waals surface area contributed by atoms with E-state index in [-0.39, 0.29) is 12.3 Å². The molecule has 2 rings (SSSR count). The first kappa shape index (κ1) is 16.6. The van der Waals surface area contributed by atoms with Crippen LogP contribution in [0.2, 0.25) is 0 Å². The molecule has 0 aromatic carbocycles. The van der Waals surface area contributed by atoms with E-state index in [1.807, 2.05) is 24.6 Å². The first-order valence-electron chi connectivity index (χ1n) is 7.27. The molecule has 0 saturated heterocycles. The molecule has 0 spiro atoms. The SMILES string of the molecule is CC1=C(Cl)c2cc(C(=O)NC(C)(C)CC(N)=O)n(C)c2CC1. The predicted octanol–water partition coefficient (Wildman–Crippen LogP) is 2.32. The summed E-state index contributed by atoms with van der Waals surface area (Å²) in [5, 5.41) is 3.59. The standard InChI is InChI=1S/C16H22ClN3O2/c1-9-5-6-11-10(14(9)17)7-12(20(11)4)15(22)19-16(2,3)8-13(18)21/h7H,5-6,8H2,1-4H3,(H2,18,21)(H,19,22). The van der Waals surface area contributed by atoms with E-state index in [4.69, 9.17) is 17.3 Å². The second-order valence-corrected chi connectivity index (χ2v) is 6.90. The van der Waals surface area contributed by atoms with Gasteiger partial charge in [0.15, 0.2) is 0 Å². The Bertz CT molecular complexity index is 671. The zero-order valence-corrected chi connectivity index (χ0v) is 14.2. The number of hydrogen-bond donors (Lipinski definition) is 2. The summed E-state index contributed by atoms with van der Waals surface area (Å²) in [4.78, 5) is 23.6. The Labute approximate surface area is 135 Å². The fourth-order valence-corrected chi connectivity index (χ4v) is 3.11. The van der Waals surface area contributed by atoms with Gasteiger partial charge >= 0.3 is 0 Å². The summed E-state index contributed by atoms with van der Waals surface area (Å²) in [5.74, 6) is -0.677. The molecular formula is C16H22ClN3O2. The van der Waals surface area contributed by atoms with Crippen LogP contribution in [0.4, 0.5) is 0 Å². The number of amides is 2. The number of hydrogen-bond acceptors (Lipinski definition) is 2. The van der Waals surface area contributed by atoms with Crippen LogP contribution in [0, 0.1) is 0 Å². The van der Waals surface area contributed by atoms with Gasteiger partial charge < -0.3 is 15.6 Å². The molecule has 0 bridgehead atoms. The molecule has 0 aliphatic heterocycles. The van der Waals surface area contributed by atoms with Crippen molar-refractivity contribution in [3.8, 4) is 0 Å². The van der Waals surface area contributed by atoms with E-state index in [1.165, 1.54) is 0 Å². The highest BCUT2D eigenvalue weighted by molar-refractivity contribution is 6.49. The summed E-state index contributed by atoms with van der Waals surface area (Å²) in [6, 6.07) is 1.82. The van der Waals surface area contributed by atoms with Gasteiger partial charge in [0.05, 0.1) is 0 Å². The maximum absolute atomic E-state index is 12.5.